The molecule has 0 unspecified atom stereocenters. The van der Waals surface area contributed by atoms with Crippen LogP contribution in [0.2, 0.25) is 0 Å². The second-order valence-corrected chi connectivity index (χ2v) is 4.87. The van der Waals surface area contributed by atoms with Crippen molar-refractivity contribution in [3.8, 4) is 0 Å². The van der Waals surface area contributed by atoms with Crippen LogP contribution in [0.25, 0.3) is 0 Å². The van der Waals surface area contributed by atoms with Gasteiger partial charge in [-0.05, 0) is 59.0 Å². The zero-order valence-electron chi connectivity index (χ0n) is 9.84. The van der Waals surface area contributed by atoms with E-state index >= 15 is 0 Å². The van der Waals surface area contributed by atoms with Crippen molar-refractivity contribution in [2.24, 2.45) is 0 Å². The molecule has 0 heterocycles. The summed E-state index contributed by atoms with van der Waals surface area (Å²) in [6, 6.07) is 16.6. The van der Waals surface area contributed by atoms with Gasteiger partial charge in [-0.15, -0.1) is 0 Å². The smallest absolute Gasteiger partial charge is 0.269 e. The highest BCUT2D eigenvalue weighted by Crippen LogP contribution is 2.18. The molecule has 0 saturated carbocycles. The maximum atomic E-state index is 12.3. The number of hydroxylamine groups is 1. The van der Waals surface area contributed by atoms with Crippen molar-refractivity contribution < 1.29 is 9.63 Å². The summed E-state index contributed by atoms with van der Waals surface area (Å²) in [5.41, 5.74) is 1.31. The molecule has 0 aliphatic rings. The fraction of sp³-hybridized carbons (Fsp3) is 0.0714. The van der Waals surface area contributed by atoms with Crippen LogP contribution in [0.3, 0.4) is 0 Å². The number of carbonyl (C=O) groups excluding carboxylic acids is 1. The average molecular weight is 353 g/mol. The van der Waals surface area contributed by atoms with E-state index in [1.165, 1.54) is 12.2 Å². The molecule has 0 bridgehead atoms. The summed E-state index contributed by atoms with van der Waals surface area (Å²) in [7, 11) is 1.48. The van der Waals surface area contributed by atoms with Gasteiger partial charge in [0, 0.05) is 9.13 Å². The molecule has 4 heteroatoms. The summed E-state index contributed by atoms with van der Waals surface area (Å²) in [4.78, 5) is 17.4. The number of carbonyl (C=O) groups is 1. The number of hydrogen-bond acceptors (Lipinski definition) is 2. The Morgan fingerprint density at radius 3 is 2.22 bits per heavy atom. The maximum Gasteiger partial charge on any atom is 0.282 e. The summed E-state index contributed by atoms with van der Waals surface area (Å²) >= 11 is 2.22. The van der Waals surface area contributed by atoms with Crippen LogP contribution in [-0.2, 0) is 4.84 Å². The van der Waals surface area contributed by atoms with E-state index in [1.54, 1.807) is 12.1 Å². The average Bonchev–Trinajstić information content (AvgIpc) is 2.42. The van der Waals surface area contributed by atoms with Crippen LogP contribution in [0.4, 0.5) is 5.69 Å². The minimum atomic E-state index is -0.181. The quantitative estimate of drug-likeness (QED) is 0.625. The predicted molar refractivity (Wildman–Crippen MR) is 79.4 cm³/mol. The first kappa shape index (κ1) is 13.0. The molecule has 0 radical (unpaired) electrons. The van der Waals surface area contributed by atoms with Gasteiger partial charge in [0.05, 0.1) is 12.8 Å². The van der Waals surface area contributed by atoms with Crippen molar-refractivity contribution in [3.63, 3.8) is 0 Å². The first-order chi connectivity index (χ1) is 8.72. The van der Waals surface area contributed by atoms with Gasteiger partial charge < -0.3 is 0 Å². The van der Waals surface area contributed by atoms with Crippen molar-refractivity contribution in [3.05, 3.63) is 63.7 Å². The summed E-state index contributed by atoms with van der Waals surface area (Å²) < 4.78 is 1.11. The largest absolute Gasteiger partial charge is 0.282 e. The Morgan fingerprint density at radius 1 is 1.06 bits per heavy atom. The monoisotopic (exact) mass is 353 g/mol. The Kier molecular flexibility index (Phi) is 4.33. The third kappa shape index (κ3) is 2.88. The molecule has 0 aliphatic carbocycles. The van der Waals surface area contributed by atoms with Crippen molar-refractivity contribution in [1.29, 1.82) is 0 Å². The van der Waals surface area contributed by atoms with Gasteiger partial charge in [-0.1, -0.05) is 18.2 Å². The predicted octanol–water partition coefficient (Wildman–Crippen LogP) is 3.50. The fourth-order valence-electron chi connectivity index (χ4n) is 1.58. The molecule has 92 valence electrons. The van der Waals surface area contributed by atoms with E-state index in [2.05, 4.69) is 22.6 Å². The number of anilines is 1. The Hall–Kier alpha value is -1.40. The topological polar surface area (TPSA) is 29.5 Å². The Balaban J connectivity index is 2.29. The summed E-state index contributed by atoms with van der Waals surface area (Å²) in [5, 5.41) is 1.28. The SMILES string of the molecule is CON(C(=O)c1ccccc1)c1ccc(I)cc1. The van der Waals surface area contributed by atoms with Gasteiger partial charge in [0.15, 0.2) is 0 Å². The Morgan fingerprint density at radius 2 is 1.67 bits per heavy atom. The summed E-state index contributed by atoms with van der Waals surface area (Å²) in [6.45, 7) is 0. The van der Waals surface area contributed by atoms with Gasteiger partial charge in [0.25, 0.3) is 5.91 Å². The molecule has 0 saturated heterocycles. The highest BCUT2D eigenvalue weighted by molar-refractivity contribution is 14.1. The molecule has 1 amide bonds. The lowest BCUT2D eigenvalue weighted by Gasteiger charge is -2.19. The molecular formula is C14H12INO2. The molecule has 0 aromatic heterocycles. The molecule has 2 rings (SSSR count). The van der Waals surface area contributed by atoms with E-state index < -0.39 is 0 Å². The van der Waals surface area contributed by atoms with Crippen molar-refractivity contribution >= 4 is 34.2 Å². The van der Waals surface area contributed by atoms with Crippen LogP contribution >= 0.6 is 22.6 Å². The van der Waals surface area contributed by atoms with Gasteiger partial charge >= 0.3 is 0 Å². The molecule has 0 spiro atoms. The van der Waals surface area contributed by atoms with Gasteiger partial charge in [-0.3, -0.25) is 9.63 Å². The minimum Gasteiger partial charge on any atom is -0.269 e. The van der Waals surface area contributed by atoms with E-state index in [0.29, 0.717) is 11.3 Å². The summed E-state index contributed by atoms with van der Waals surface area (Å²) in [5.74, 6) is -0.181. The lowest BCUT2D eigenvalue weighted by molar-refractivity contribution is 0.0773. The van der Waals surface area contributed by atoms with Gasteiger partial charge in [0.2, 0.25) is 0 Å². The fourth-order valence-corrected chi connectivity index (χ4v) is 1.94. The van der Waals surface area contributed by atoms with E-state index in [0.717, 1.165) is 3.57 Å². The van der Waals surface area contributed by atoms with Crippen LogP contribution < -0.4 is 5.06 Å². The van der Waals surface area contributed by atoms with Crippen LogP contribution in [0.5, 0.6) is 0 Å². The molecule has 0 atom stereocenters. The molecule has 18 heavy (non-hydrogen) atoms. The zero-order chi connectivity index (χ0) is 13.0. The van der Waals surface area contributed by atoms with Crippen LogP contribution in [0.15, 0.2) is 54.6 Å². The number of nitrogens with zero attached hydrogens (tertiary/aromatic N) is 1. The number of benzene rings is 2. The number of hydrogen-bond donors (Lipinski definition) is 0. The normalized spacial score (nSPS) is 10.1. The standard InChI is InChI=1S/C14H12INO2/c1-18-16(13-9-7-12(15)8-10-13)14(17)11-5-3-2-4-6-11/h2-10H,1H3. The number of rotatable bonds is 3. The highest BCUT2D eigenvalue weighted by atomic mass is 127. The van der Waals surface area contributed by atoms with Gasteiger partial charge in [-0.2, -0.15) is 5.06 Å². The molecule has 3 nitrogen and oxygen atoms in total. The van der Waals surface area contributed by atoms with Crippen molar-refractivity contribution in [2.45, 2.75) is 0 Å². The first-order valence-corrected chi connectivity index (χ1v) is 6.49. The van der Waals surface area contributed by atoms with E-state index in [4.69, 9.17) is 4.84 Å². The molecule has 0 N–H and O–H groups in total. The second kappa shape index (κ2) is 5.97. The summed E-state index contributed by atoms with van der Waals surface area (Å²) in [6.07, 6.45) is 0. The van der Waals surface area contributed by atoms with Gasteiger partial charge in [0.1, 0.15) is 0 Å². The highest BCUT2D eigenvalue weighted by Gasteiger charge is 2.17. The molecule has 0 aliphatic heterocycles. The third-order valence-corrected chi connectivity index (χ3v) is 3.17. The Bertz CT molecular complexity index is 525. The lowest BCUT2D eigenvalue weighted by atomic mass is 10.2. The molecule has 2 aromatic carbocycles. The van der Waals surface area contributed by atoms with Gasteiger partial charge in [-0.25, -0.2) is 0 Å². The van der Waals surface area contributed by atoms with Crippen LogP contribution in [-0.4, -0.2) is 13.0 Å². The Labute approximate surface area is 119 Å². The second-order valence-electron chi connectivity index (χ2n) is 3.62. The lowest BCUT2D eigenvalue weighted by Crippen LogP contribution is -2.29. The third-order valence-electron chi connectivity index (χ3n) is 2.45. The molecule has 2 aromatic rings. The minimum absolute atomic E-state index is 0.181. The number of halogens is 1. The van der Waals surface area contributed by atoms with Crippen molar-refractivity contribution in [1.82, 2.24) is 0 Å². The molecular weight excluding hydrogens is 341 g/mol. The van der Waals surface area contributed by atoms with Crippen molar-refractivity contribution in [2.75, 3.05) is 12.2 Å². The van der Waals surface area contributed by atoms with Crippen LogP contribution in [0.1, 0.15) is 10.4 Å². The zero-order valence-corrected chi connectivity index (χ0v) is 12.0. The maximum absolute atomic E-state index is 12.3. The van der Waals surface area contributed by atoms with E-state index in [9.17, 15) is 4.79 Å². The van der Waals surface area contributed by atoms with E-state index in [1.807, 2.05) is 42.5 Å². The first-order valence-electron chi connectivity index (χ1n) is 5.41. The van der Waals surface area contributed by atoms with E-state index in [-0.39, 0.29) is 5.91 Å². The number of amides is 1. The molecule has 0 fully saturated rings. The van der Waals surface area contributed by atoms with Crippen LogP contribution in [0, 0.1) is 3.57 Å².